The van der Waals surface area contributed by atoms with E-state index in [-0.39, 0.29) is 12.1 Å². The molecule has 1 saturated carbocycles. The van der Waals surface area contributed by atoms with Crippen molar-refractivity contribution in [2.45, 2.75) is 25.0 Å². The topological polar surface area (TPSA) is 30.5 Å². The molecule has 1 N–H and O–H groups in total. The van der Waals surface area contributed by atoms with Crippen molar-refractivity contribution >= 4 is 0 Å². The number of hydrogen-bond donors (Lipinski definition) is 1. The molecule has 3 nitrogen and oxygen atoms in total. The number of fused-ring (bicyclic) bond motifs is 1. The van der Waals surface area contributed by atoms with Crippen LogP contribution in [0.15, 0.2) is 24.3 Å². The first-order valence-corrected chi connectivity index (χ1v) is 6.39. The van der Waals surface area contributed by atoms with Crippen molar-refractivity contribution in [3.8, 4) is 5.75 Å². The van der Waals surface area contributed by atoms with Crippen LogP contribution in [0.2, 0.25) is 0 Å². The molecule has 17 heavy (non-hydrogen) atoms. The summed E-state index contributed by atoms with van der Waals surface area (Å²) in [5, 5.41) is 3.35. The third-order valence-electron chi connectivity index (χ3n) is 3.58. The van der Waals surface area contributed by atoms with Crippen molar-refractivity contribution < 1.29 is 9.47 Å². The Kier molecular flexibility index (Phi) is 3.04. The van der Waals surface area contributed by atoms with E-state index in [0.717, 1.165) is 18.3 Å². The molecule has 2 aliphatic rings. The summed E-state index contributed by atoms with van der Waals surface area (Å²) in [6.45, 7) is 1.53. The molecule has 0 spiro atoms. The molecule has 1 aliphatic carbocycles. The van der Waals surface area contributed by atoms with Gasteiger partial charge in [-0.15, -0.1) is 0 Å². The highest BCUT2D eigenvalue weighted by Gasteiger charge is 2.32. The van der Waals surface area contributed by atoms with E-state index in [1.165, 1.54) is 18.4 Å². The Morgan fingerprint density at radius 2 is 2.18 bits per heavy atom. The summed E-state index contributed by atoms with van der Waals surface area (Å²) in [6, 6.07) is 8.45. The first kappa shape index (κ1) is 11.1. The maximum atomic E-state index is 5.98. The molecule has 1 aliphatic heterocycles. The number of nitrogens with one attached hydrogen (secondary N) is 1. The van der Waals surface area contributed by atoms with E-state index in [9.17, 15) is 0 Å². The summed E-state index contributed by atoms with van der Waals surface area (Å²) in [4.78, 5) is 0. The normalized spacial score (nSPS) is 27.4. The number of likely N-dealkylation sites (N-methyl/N-ethyl adjacent to an activating group) is 1. The fourth-order valence-electron chi connectivity index (χ4n) is 2.37. The summed E-state index contributed by atoms with van der Waals surface area (Å²) < 4.78 is 11.7. The average molecular weight is 233 g/mol. The predicted molar refractivity (Wildman–Crippen MR) is 66.2 cm³/mol. The third-order valence-corrected chi connectivity index (χ3v) is 3.58. The minimum Gasteiger partial charge on any atom is -0.490 e. The number of hydrogen-bond acceptors (Lipinski definition) is 3. The lowest BCUT2D eigenvalue weighted by atomic mass is 9.98. The molecule has 0 amide bonds. The Morgan fingerprint density at radius 1 is 1.35 bits per heavy atom. The van der Waals surface area contributed by atoms with E-state index in [1.807, 2.05) is 19.2 Å². The summed E-state index contributed by atoms with van der Waals surface area (Å²) in [7, 11) is 1.99. The second kappa shape index (κ2) is 4.67. The predicted octanol–water partition coefficient (Wildman–Crippen LogP) is 2.13. The fraction of sp³-hybridized carbons (Fsp3) is 0.571. The van der Waals surface area contributed by atoms with E-state index < -0.39 is 0 Å². The van der Waals surface area contributed by atoms with Gasteiger partial charge in [-0.1, -0.05) is 18.2 Å². The second-order valence-corrected chi connectivity index (χ2v) is 4.93. The lowest BCUT2D eigenvalue weighted by molar-refractivity contribution is -0.0184. The van der Waals surface area contributed by atoms with Crippen LogP contribution in [0.25, 0.3) is 0 Å². The monoisotopic (exact) mass is 233 g/mol. The van der Waals surface area contributed by atoms with Crippen molar-refractivity contribution in [2.24, 2.45) is 5.92 Å². The van der Waals surface area contributed by atoms with E-state index in [0.29, 0.717) is 6.61 Å². The van der Waals surface area contributed by atoms with Crippen LogP contribution in [-0.2, 0) is 4.74 Å². The van der Waals surface area contributed by atoms with Crippen LogP contribution in [0.5, 0.6) is 5.75 Å². The first-order valence-electron chi connectivity index (χ1n) is 6.39. The largest absolute Gasteiger partial charge is 0.490 e. The third kappa shape index (κ3) is 2.31. The molecule has 1 heterocycles. The summed E-state index contributed by atoms with van der Waals surface area (Å²) >= 11 is 0. The van der Waals surface area contributed by atoms with Gasteiger partial charge in [0.1, 0.15) is 18.5 Å². The summed E-state index contributed by atoms with van der Waals surface area (Å²) in [6.07, 6.45) is 2.79. The molecule has 0 aromatic heterocycles. The maximum Gasteiger partial charge on any atom is 0.124 e. The first-order chi connectivity index (χ1) is 8.38. The molecule has 1 aromatic carbocycles. The molecular formula is C14H19NO2. The molecule has 92 valence electrons. The van der Waals surface area contributed by atoms with Gasteiger partial charge in [-0.3, -0.25) is 0 Å². The summed E-state index contributed by atoms with van der Waals surface area (Å²) in [5.74, 6) is 1.78. The van der Waals surface area contributed by atoms with E-state index in [1.54, 1.807) is 0 Å². The summed E-state index contributed by atoms with van der Waals surface area (Å²) in [5.41, 5.74) is 1.21. The number of rotatable bonds is 4. The Labute approximate surface area is 102 Å². The van der Waals surface area contributed by atoms with Crippen molar-refractivity contribution in [3.63, 3.8) is 0 Å². The van der Waals surface area contributed by atoms with Crippen LogP contribution in [0.1, 0.15) is 24.4 Å². The standard InChI is InChI=1S/C14H19NO2/c1-15-14-11-4-2-3-5-12(11)17-9-13(14)16-8-10-6-7-10/h2-5,10,13-15H,6-9H2,1H3. The molecule has 0 bridgehead atoms. The Hall–Kier alpha value is -1.06. The average Bonchev–Trinajstić information content (AvgIpc) is 3.19. The molecule has 3 heteroatoms. The molecule has 2 unspecified atom stereocenters. The molecule has 2 atom stereocenters. The number of para-hydroxylation sites is 1. The lowest BCUT2D eigenvalue weighted by Crippen LogP contribution is -2.40. The van der Waals surface area contributed by atoms with E-state index >= 15 is 0 Å². The SMILES string of the molecule is CNC1c2ccccc2OCC1OCC1CC1. The van der Waals surface area contributed by atoms with Gasteiger partial charge in [-0.2, -0.15) is 0 Å². The molecule has 0 saturated heterocycles. The molecule has 3 rings (SSSR count). The van der Waals surface area contributed by atoms with Gasteiger partial charge >= 0.3 is 0 Å². The zero-order valence-electron chi connectivity index (χ0n) is 10.2. The van der Waals surface area contributed by atoms with Crippen LogP contribution in [0.3, 0.4) is 0 Å². The smallest absolute Gasteiger partial charge is 0.124 e. The van der Waals surface area contributed by atoms with Gasteiger partial charge in [0, 0.05) is 5.56 Å². The van der Waals surface area contributed by atoms with Crippen molar-refractivity contribution in [3.05, 3.63) is 29.8 Å². The van der Waals surface area contributed by atoms with Crippen LogP contribution < -0.4 is 10.1 Å². The van der Waals surface area contributed by atoms with Crippen LogP contribution in [-0.4, -0.2) is 26.4 Å². The molecule has 1 fully saturated rings. The van der Waals surface area contributed by atoms with Gasteiger partial charge in [-0.25, -0.2) is 0 Å². The Balaban J connectivity index is 1.73. The Morgan fingerprint density at radius 3 is 2.94 bits per heavy atom. The second-order valence-electron chi connectivity index (χ2n) is 4.93. The number of benzene rings is 1. The lowest BCUT2D eigenvalue weighted by Gasteiger charge is -2.33. The van der Waals surface area contributed by atoms with Gasteiger partial charge < -0.3 is 14.8 Å². The van der Waals surface area contributed by atoms with Crippen molar-refractivity contribution in [2.75, 3.05) is 20.3 Å². The van der Waals surface area contributed by atoms with Gasteiger partial charge in [0.25, 0.3) is 0 Å². The van der Waals surface area contributed by atoms with Gasteiger partial charge in [0.2, 0.25) is 0 Å². The van der Waals surface area contributed by atoms with Crippen LogP contribution in [0.4, 0.5) is 0 Å². The van der Waals surface area contributed by atoms with Gasteiger partial charge in [0.15, 0.2) is 0 Å². The van der Waals surface area contributed by atoms with E-state index in [2.05, 4.69) is 17.4 Å². The van der Waals surface area contributed by atoms with Crippen molar-refractivity contribution in [1.82, 2.24) is 5.32 Å². The highest BCUT2D eigenvalue weighted by molar-refractivity contribution is 5.38. The zero-order valence-corrected chi connectivity index (χ0v) is 10.2. The zero-order chi connectivity index (χ0) is 11.7. The minimum atomic E-state index is 0.135. The number of ether oxygens (including phenoxy) is 2. The van der Waals surface area contributed by atoms with Crippen LogP contribution >= 0.6 is 0 Å². The minimum absolute atomic E-state index is 0.135. The highest BCUT2D eigenvalue weighted by atomic mass is 16.5. The highest BCUT2D eigenvalue weighted by Crippen LogP contribution is 2.35. The quantitative estimate of drug-likeness (QED) is 0.864. The van der Waals surface area contributed by atoms with E-state index in [4.69, 9.17) is 9.47 Å². The van der Waals surface area contributed by atoms with Crippen LogP contribution in [0, 0.1) is 5.92 Å². The van der Waals surface area contributed by atoms with Crippen molar-refractivity contribution in [1.29, 1.82) is 0 Å². The molecule has 1 aromatic rings. The Bertz CT molecular complexity index is 390. The molecular weight excluding hydrogens is 214 g/mol. The molecule has 0 radical (unpaired) electrons. The fourth-order valence-corrected chi connectivity index (χ4v) is 2.37. The van der Waals surface area contributed by atoms with Gasteiger partial charge in [0.05, 0.1) is 12.6 Å². The van der Waals surface area contributed by atoms with Gasteiger partial charge in [-0.05, 0) is 31.9 Å². The maximum absolute atomic E-state index is 5.98.